The quantitative estimate of drug-likeness (QED) is 0.792. The van der Waals surface area contributed by atoms with E-state index in [2.05, 4.69) is 31.2 Å². The number of nitrogens with two attached hydrogens (primary N) is 1. The number of benzene rings is 1. The van der Waals surface area contributed by atoms with Crippen molar-refractivity contribution in [2.75, 3.05) is 0 Å². The van der Waals surface area contributed by atoms with Crippen LogP contribution in [0.5, 0.6) is 0 Å². The lowest BCUT2D eigenvalue weighted by Crippen LogP contribution is -2.12. The molecule has 0 saturated heterocycles. The van der Waals surface area contributed by atoms with Crippen LogP contribution in [0.3, 0.4) is 0 Å². The van der Waals surface area contributed by atoms with Crippen molar-refractivity contribution in [3.63, 3.8) is 0 Å². The summed E-state index contributed by atoms with van der Waals surface area (Å²) < 4.78 is 0. The lowest BCUT2D eigenvalue weighted by atomic mass is 9.95. The van der Waals surface area contributed by atoms with Gasteiger partial charge < -0.3 is 5.73 Å². The molecule has 1 rings (SSSR count). The van der Waals surface area contributed by atoms with Crippen molar-refractivity contribution >= 4 is 0 Å². The Labute approximate surface area is 85.4 Å². The highest BCUT2D eigenvalue weighted by molar-refractivity contribution is 5.34. The molecule has 0 radical (unpaired) electrons. The summed E-state index contributed by atoms with van der Waals surface area (Å²) in [4.78, 5) is 0. The average Bonchev–Trinajstić information content (AvgIpc) is 2.18. The van der Waals surface area contributed by atoms with Crippen LogP contribution in [-0.4, -0.2) is 0 Å². The topological polar surface area (TPSA) is 49.8 Å². The van der Waals surface area contributed by atoms with Crippen molar-refractivity contribution in [1.29, 1.82) is 5.26 Å². The number of hydrogen-bond acceptors (Lipinski definition) is 2. The molecule has 0 saturated carbocycles. The van der Waals surface area contributed by atoms with Crippen LogP contribution in [0, 0.1) is 18.3 Å². The molecule has 1 atom stereocenters. The Balaban J connectivity index is 3.04. The van der Waals surface area contributed by atoms with Crippen molar-refractivity contribution in [1.82, 2.24) is 0 Å². The van der Waals surface area contributed by atoms with Crippen molar-refractivity contribution in [3.8, 4) is 6.07 Å². The van der Waals surface area contributed by atoms with Crippen LogP contribution < -0.4 is 5.73 Å². The molecule has 0 bridgehead atoms. The Morgan fingerprint density at radius 1 is 1.50 bits per heavy atom. The molecule has 2 N–H and O–H groups in total. The lowest BCUT2D eigenvalue weighted by molar-refractivity contribution is 0.736. The number of nitriles is 1. The molecular formula is C12H16N2. The summed E-state index contributed by atoms with van der Waals surface area (Å²) >= 11 is 0. The summed E-state index contributed by atoms with van der Waals surface area (Å²) in [6, 6.07) is 8.24. The standard InChI is InChI=1S/C12H16N2/c1-3-10-5-4-9(2)8-11(10)12(14)6-7-13/h4-5,8,12H,3,6,14H2,1-2H3/t12-/m1/s1. The second-order valence-electron chi connectivity index (χ2n) is 3.52. The van der Waals surface area contributed by atoms with Gasteiger partial charge in [0.2, 0.25) is 0 Å². The van der Waals surface area contributed by atoms with E-state index in [0.29, 0.717) is 6.42 Å². The van der Waals surface area contributed by atoms with Gasteiger partial charge >= 0.3 is 0 Å². The molecule has 2 heteroatoms. The van der Waals surface area contributed by atoms with E-state index in [9.17, 15) is 0 Å². The van der Waals surface area contributed by atoms with E-state index in [-0.39, 0.29) is 6.04 Å². The van der Waals surface area contributed by atoms with Crippen LogP contribution in [0.25, 0.3) is 0 Å². The summed E-state index contributed by atoms with van der Waals surface area (Å²) in [6.45, 7) is 4.15. The van der Waals surface area contributed by atoms with E-state index in [1.807, 2.05) is 6.92 Å². The zero-order valence-electron chi connectivity index (χ0n) is 8.75. The van der Waals surface area contributed by atoms with Gasteiger partial charge in [0.15, 0.2) is 0 Å². The van der Waals surface area contributed by atoms with E-state index >= 15 is 0 Å². The van der Waals surface area contributed by atoms with Crippen LogP contribution in [0.2, 0.25) is 0 Å². The Morgan fingerprint density at radius 2 is 2.21 bits per heavy atom. The first-order valence-corrected chi connectivity index (χ1v) is 4.91. The summed E-state index contributed by atoms with van der Waals surface area (Å²) in [5, 5.41) is 8.60. The van der Waals surface area contributed by atoms with Crippen molar-refractivity contribution < 1.29 is 0 Å². The van der Waals surface area contributed by atoms with Crippen molar-refractivity contribution in [3.05, 3.63) is 34.9 Å². The Morgan fingerprint density at radius 3 is 2.79 bits per heavy atom. The summed E-state index contributed by atoms with van der Waals surface area (Å²) in [7, 11) is 0. The maximum Gasteiger partial charge on any atom is 0.0641 e. The fourth-order valence-electron chi connectivity index (χ4n) is 1.59. The highest BCUT2D eigenvalue weighted by Crippen LogP contribution is 2.20. The molecule has 0 unspecified atom stereocenters. The van der Waals surface area contributed by atoms with Crippen LogP contribution in [-0.2, 0) is 6.42 Å². The smallest absolute Gasteiger partial charge is 0.0641 e. The monoisotopic (exact) mass is 188 g/mol. The van der Waals surface area contributed by atoms with E-state index in [4.69, 9.17) is 11.0 Å². The van der Waals surface area contributed by atoms with Gasteiger partial charge in [-0.1, -0.05) is 30.7 Å². The minimum atomic E-state index is -0.144. The maximum absolute atomic E-state index is 8.60. The molecule has 0 amide bonds. The summed E-state index contributed by atoms with van der Waals surface area (Å²) in [6.07, 6.45) is 1.35. The number of nitrogens with zero attached hydrogens (tertiary/aromatic N) is 1. The summed E-state index contributed by atoms with van der Waals surface area (Å²) in [5.74, 6) is 0. The Hall–Kier alpha value is -1.33. The SMILES string of the molecule is CCc1ccc(C)cc1[C@H](N)CC#N. The van der Waals surface area contributed by atoms with Gasteiger partial charge in [-0.25, -0.2) is 0 Å². The first-order valence-electron chi connectivity index (χ1n) is 4.91. The van der Waals surface area contributed by atoms with Gasteiger partial charge in [-0.05, 0) is 24.5 Å². The Bertz CT molecular complexity index is 350. The minimum Gasteiger partial charge on any atom is -0.323 e. The normalized spacial score (nSPS) is 12.1. The molecule has 2 nitrogen and oxygen atoms in total. The minimum absolute atomic E-state index is 0.144. The van der Waals surface area contributed by atoms with Crippen LogP contribution in [0.15, 0.2) is 18.2 Å². The summed E-state index contributed by atoms with van der Waals surface area (Å²) in [5.41, 5.74) is 9.50. The van der Waals surface area contributed by atoms with Gasteiger partial charge in [0.25, 0.3) is 0 Å². The second kappa shape index (κ2) is 4.78. The molecule has 1 aromatic carbocycles. The highest BCUT2D eigenvalue weighted by Gasteiger charge is 2.09. The van der Waals surface area contributed by atoms with E-state index in [1.54, 1.807) is 0 Å². The molecule has 0 aliphatic carbocycles. The molecule has 0 aromatic heterocycles. The van der Waals surface area contributed by atoms with Gasteiger partial charge in [0.05, 0.1) is 12.5 Å². The third kappa shape index (κ3) is 2.34. The van der Waals surface area contributed by atoms with Crippen LogP contribution in [0.1, 0.15) is 36.1 Å². The van der Waals surface area contributed by atoms with Gasteiger partial charge in [-0.3, -0.25) is 0 Å². The largest absolute Gasteiger partial charge is 0.323 e. The zero-order valence-corrected chi connectivity index (χ0v) is 8.75. The number of hydrogen-bond donors (Lipinski definition) is 1. The molecule has 74 valence electrons. The fraction of sp³-hybridized carbons (Fsp3) is 0.417. The van der Waals surface area contributed by atoms with Gasteiger partial charge in [-0.15, -0.1) is 0 Å². The first-order chi connectivity index (χ1) is 6.69. The van der Waals surface area contributed by atoms with Crippen LogP contribution >= 0.6 is 0 Å². The lowest BCUT2D eigenvalue weighted by Gasteiger charge is -2.13. The third-order valence-corrected chi connectivity index (χ3v) is 2.39. The van der Waals surface area contributed by atoms with Crippen LogP contribution in [0.4, 0.5) is 0 Å². The van der Waals surface area contributed by atoms with E-state index in [1.165, 1.54) is 11.1 Å². The van der Waals surface area contributed by atoms with E-state index < -0.39 is 0 Å². The molecule has 1 aromatic rings. The fourth-order valence-corrected chi connectivity index (χ4v) is 1.59. The molecule has 0 spiro atoms. The van der Waals surface area contributed by atoms with Gasteiger partial charge in [0, 0.05) is 6.04 Å². The maximum atomic E-state index is 8.60. The molecule has 0 aliphatic rings. The van der Waals surface area contributed by atoms with Crippen molar-refractivity contribution in [2.24, 2.45) is 5.73 Å². The molecule has 14 heavy (non-hydrogen) atoms. The predicted molar refractivity (Wildman–Crippen MR) is 57.7 cm³/mol. The Kier molecular flexibility index (Phi) is 3.67. The number of aryl methyl sites for hydroxylation is 2. The highest BCUT2D eigenvalue weighted by atomic mass is 14.6. The molecular weight excluding hydrogens is 172 g/mol. The first kappa shape index (κ1) is 10.7. The van der Waals surface area contributed by atoms with Gasteiger partial charge in [-0.2, -0.15) is 5.26 Å². The average molecular weight is 188 g/mol. The zero-order chi connectivity index (χ0) is 10.6. The van der Waals surface area contributed by atoms with Gasteiger partial charge in [0.1, 0.15) is 0 Å². The number of rotatable bonds is 3. The molecule has 0 fully saturated rings. The predicted octanol–water partition coefficient (Wildman–Crippen LogP) is 2.47. The second-order valence-corrected chi connectivity index (χ2v) is 3.52. The molecule has 0 aliphatic heterocycles. The third-order valence-electron chi connectivity index (χ3n) is 2.39. The molecule has 0 heterocycles. The van der Waals surface area contributed by atoms with Crippen molar-refractivity contribution in [2.45, 2.75) is 32.7 Å². The van der Waals surface area contributed by atoms with E-state index in [0.717, 1.165) is 12.0 Å².